The van der Waals surface area contributed by atoms with Crippen molar-refractivity contribution in [1.82, 2.24) is 4.98 Å². The van der Waals surface area contributed by atoms with Crippen LogP contribution in [-0.2, 0) is 0 Å². The van der Waals surface area contributed by atoms with Gasteiger partial charge < -0.3 is 4.98 Å². The van der Waals surface area contributed by atoms with Crippen LogP contribution < -0.4 is 0 Å². The molecule has 2 aromatic rings. The molecule has 0 aliphatic rings. The van der Waals surface area contributed by atoms with Crippen LogP contribution in [0.15, 0.2) is 36.5 Å². The second kappa shape index (κ2) is 3.09. The Labute approximate surface area is 78.4 Å². The standard InChI is InChI=1S/C12H13N/c1-9-5-6-10(2)11(8-9)12-4-3-7-13-12/h3-8,13H,1-2H3. The molecule has 1 nitrogen and oxygen atoms in total. The smallest absolute Gasteiger partial charge is 0.0456 e. The zero-order valence-corrected chi connectivity index (χ0v) is 7.96. The molecule has 13 heavy (non-hydrogen) atoms. The number of H-pyrrole nitrogens is 1. The molecule has 0 aliphatic heterocycles. The Morgan fingerprint density at radius 3 is 2.62 bits per heavy atom. The van der Waals surface area contributed by atoms with Crippen molar-refractivity contribution in [1.29, 1.82) is 0 Å². The molecule has 1 heteroatoms. The number of aromatic nitrogens is 1. The highest BCUT2D eigenvalue weighted by Gasteiger charge is 2.01. The maximum absolute atomic E-state index is 3.22. The lowest BCUT2D eigenvalue weighted by Crippen LogP contribution is -1.84. The van der Waals surface area contributed by atoms with E-state index in [0.29, 0.717) is 0 Å². The second-order valence-corrected chi connectivity index (χ2v) is 3.40. The first-order chi connectivity index (χ1) is 6.27. The van der Waals surface area contributed by atoms with Gasteiger partial charge in [0.2, 0.25) is 0 Å². The predicted octanol–water partition coefficient (Wildman–Crippen LogP) is 3.30. The summed E-state index contributed by atoms with van der Waals surface area (Å²) in [6.07, 6.45) is 1.96. The molecule has 1 heterocycles. The van der Waals surface area contributed by atoms with Gasteiger partial charge in [-0.15, -0.1) is 0 Å². The van der Waals surface area contributed by atoms with Crippen molar-refractivity contribution in [2.75, 3.05) is 0 Å². The predicted molar refractivity (Wildman–Crippen MR) is 55.7 cm³/mol. The maximum Gasteiger partial charge on any atom is 0.0456 e. The Morgan fingerprint density at radius 2 is 1.92 bits per heavy atom. The van der Waals surface area contributed by atoms with E-state index < -0.39 is 0 Å². The average molecular weight is 171 g/mol. The van der Waals surface area contributed by atoms with Gasteiger partial charge in [0.1, 0.15) is 0 Å². The molecule has 0 amide bonds. The van der Waals surface area contributed by atoms with Gasteiger partial charge in [-0.3, -0.25) is 0 Å². The molecule has 1 aromatic heterocycles. The molecule has 0 aliphatic carbocycles. The van der Waals surface area contributed by atoms with Crippen LogP contribution >= 0.6 is 0 Å². The van der Waals surface area contributed by atoms with Gasteiger partial charge in [-0.2, -0.15) is 0 Å². The van der Waals surface area contributed by atoms with Crippen molar-refractivity contribution in [3.63, 3.8) is 0 Å². The first-order valence-electron chi connectivity index (χ1n) is 4.48. The third kappa shape index (κ3) is 1.50. The fourth-order valence-corrected chi connectivity index (χ4v) is 1.52. The van der Waals surface area contributed by atoms with E-state index in [-0.39, 0.29) is 0 Å². The monoisotopic (exact) mass is 171 g/mol. The summed E-state index contributed by atoms with van der Waals surface area (Å²) in [7, 11) is 0. The Morgan fingerprint density at radius 1 is 1.08 bits per heavy atom. The van der Waals surface area contributed by atoms with Crippen molar-refractivity contribution in [3.8, 4) is 11.3 Å². The van der Waals surface area contributed by atoms with Crippen LogP contribution in [0.4, 0.5) is 0 Å². The van der Waals surface area contributed by atoms with E-state index in [4.69, 9.17) is 0 Å². The normalized spacial score (nSPS) is 10.3. The van der Waals surface area contributed by atoms with Gasteiger partial charge in [0.05, 0.1) is 0 Å². The lowest BCUT2D eigenvalue weighted by molar-refractivity contribution is 1.34. The van der Waals surface area contributed by atoms with Gasteiger partial charge in [0, 0.05) is 17.5 Å². The maximum atomic E-state index is 3.22. The molecule has 0 atom stereocenters. The summed E-state index contributed by atoms with van der Waals surface area (Å²) in [5.41, 5.74) is 5.11. The number of rotatable bonds is 1. The summed E-state index contributed by atoms with van der Waals surface area (Å²) in [4.78, 5) is 3.22. The SMILES string of the molecule is Cc1ccc(C)c(-c2ccc[nH]2)c1. The number of nitrogens with one attached hydrogen (secondary N) is 1. The fourth-order valence-electron chi connectivity index (χ4n) is 1.52. The van der Waals surface area contributed by atoms with Crippen LogP contribution in [0.5, 0.6) is 0 Å². The lowest BCUT2D eigenvalue weighted by Gasteiger charge is -2.04. The Balaban J connectivity index is 2.57. The molecule has 0 fully saturated rings. The molecule has 0 radical (unpaired) electrons. The van der Waals surface area contributed by atoms with Gasteiger partial charge in [-0.25, -0.2) is 0 Å². The molecule has 1 N–H and O–H groups in total. The van der Waals surface area contributed by atoms with E-state index in [9.17, 15) is 0 Å². The van der Waals surface area contributed by atoms with Crippen molar-refractivity contribution >= 4 is 0 Å². The summed E-state index contributed by atoms with van der Waals surface area (Å²) in [5, 5.41) is 0. The molecule has 0 saturated carbocycles. The van der Waals surface area contributed by atoms with Gasteiger partial charge in [0.25, 0.3) is 0 Å². The molecule has 0 unspecified atom stereocenters. The number of benzene rings is 1. The van der Waals surface area contributed by atoms with E-state index in [1.54, 1.807) is 0 Å². The summed E-state index contributed by atoms with van der Waals surface area (Å²) >= 11 is 0. The van der Waals surface area contributed by atoms with Crippen molar-refractivity contribution in [3.05, 3.63) is 47.7 Å². The fraction of sp³-hybridized carbons (Fsp3) is 0.167. The molecule has 0 saturated heterocycles. The topological polar surface area (TPSA) is 15.8 Å². The average Bonchev–Trinajstić information content (AvgIpc) is 2.61. The van der Waals surface area contributed by atoms with E-state index >= 15 is 0 Å². The van der Waals surface area contributed by atoms with E-state index in [2.05, 4.69) is 43.1 Å². The summed E-state index contributed by atoms with van der Waals surface area (Å²) in [6, 6.07) is 10.6. The molecule has 0 bridgehead atoms. The van der Waals surface area contributed by atoms with Crippen molar-refractivity contribution in [2.45, 2.75) is 13.8 Å². The Kier molecular flexibility index (Phi) is 1.93. The highest BCUT2D eigenvalue weighted by molar-refractivity contribution is 5.64. The van der Waals surface area contributed by atoms with Gasteiger partial charge in [-0.1, -0.05) is 17.7 Å². The van der Waals surface area contributed by atoms with Crippen LogP contribution in [0, 0.1) is 13.8 Å². The molecule has 0 spiro atoms. The highest BCUT2D eigenvalue weighted by atomic mass is 14.7. The molecular formula is C12H13N. The number of aryl methyl sites for hydroxylation is 2. The zero-order valence-electron chi connectivity index (χ0n) is 7.96. The minimum Gasteiger partial charge on any atom is -0.361 e. The molecule has 1 aromatic carbocycles. The Bertz CT molecular complexity index is 399. The minimum atomic E-state index is 1.20. The first kappa shape index (κ1) is 8.11. The van der Waals surface area contributed by atoms with E-state index in [0.717, 1.165) is 0 Å². The number of hydrogen-bond donors (Lipinski definition) is 1. The largest absolute Gasteiger partial charge is 0.361 e. The summed E-state index contributed by atoms with van der Waals surface area (Å²) < 4.78 is 0. The minimum absolute atomic E-state index is 1.20. The lowest BCUT2D eigenvalue weighted by atomic mass is 10.0. The van der Waals surface area contributed by atoms with Gasteiger partial charge in [-0.05, 0) is 37.6 Å². The second-order valence-electron chi connectivity index (χ2n) is 3.40. The van der Waals surface area contributed by atoms with Crippen LogP contribution in [0.3, 0.4) is 0 Å². The molecule has 66 valence electrons. The summed E-state index contributed by atoms with van der Waals surface area (Å²) in [6.45, 7) is 4.25. The molecular weight excluding hydrogens is 158 g/mol. The third-order valence-electron chi connectivity index (χ3n) is 2.28. The summed E-state index contributed by atoms with van der Waals surface area (Å²) in [5.74, 6) is 0. The number of hydrogen-bond acceptors (Lipinski definition) is 0. The van der Waals surface area contributed by atoms with Crippen LogP contribution in [-0.4, -0.2) is 4.98 Å². The van der Waals surface area contributed by atoms with Crippen molar-refractivity contribution in [2.24, 2.45) is 0 Å². The van der Waals surface area contributed by atoms with Crippen molar-refractivity contribution < 1.29 is 0 Å². The zero-order chi connectivity index (χ0) is 9.26. The van der Waals surface area contributed by atoms with Crippen LogP contribution in [0.2, 0.25) is 0 Å². The quantitative estimate of drug-likeness (QED) is 0.677. The van der Waals surface area contributed by atoms with Gasteiger partial charge in [0.15, 0.2) is 0 Å². The van der Waals surface area contributed by atoms with Crippen LogP contribution in [0.1, 0.15) is 11.1 Å². The first-order valence-corrected chi connectivity index (χ1v) is 4.48. The van der Waals surface area contributed by atoms with E-state index in [1.807, 2.05) is 12.3 Å². The molecule has 2 rings (SSSR count). The third-order valence-corrected chi connectivity index (χ3v) is 2.28. The van der Waals surface area contributed by atoms with Crippen LogP contribution in [0.25, 0.3) is 11.3 Å². The Hall–Kier alpha value is -1.50. The number of aromatic amines is 1. The van der Waals surface area contributed by atoms with E-state index in [1.165, 1.54) is 22.4 Å². The highest BCUT2D eigenvalue weighted by Crippen LogP contribution is 2.22. The van der Waals surface area contributed by atoms with Gasteiger partial charge >= 0.3 is 0 Å².